The third-order valence-electron chi connectivity index (χ3n) is 3.62. The minimum atomic E-state index is -4.66. The van der Waals surface area contributed by atoms with Crippen LogP contribution in [0, 0.1) is 5.92 Å². The van der Waals surface area contributed by atoms with E-state index in [1.807, 2.05) is 13.8 Å². The molecule has 0 atom stereocenters. The van der Waals surface area contributed by atoms with Crippen molar-refractivity contribution < 1.29 is 22.8 Å². The first-order chi connectivity index (χ1) is 12.5. The molecule has 2 rings (SSSR count). The molecule has 2 aromatic rings. The highest BCUT2D eigenvalue weighted by atomic mass is 19.4. The van der Waals surface area contributed by atoms with Gasteiger partial charge in [0.15, 0.2) is 11.4 Å². The van der Waals surface area contributed by atoms with Gasteiger partial charge >= 0.3 is 6.18 Å². The van der Waals surface area contributed by atoms with Gasteiger partial charge in [-0.2, -0.15) is 23.4 Å². The van der Waals surface area contributed by atoms with Gasteiger partial charge in [0.25, 0.3) is 11.8 Å². The summed E-state index contributed by atoms with van der Waals surface area (Å²) in [6.45, 7) is 6.51. The van der Waals surface area contributed by atoms with E-state index in [4.69, 9.17) is 0 Å². The van der Waals surface area contributed by atoms with Gasteiger partial charge in [0, 0.05) is 32.4 Å². The zero-order chi connectivity index (χ0) is 20.4. The van der Waals surface area contributed by atoms with Crippen molar-refractivity contribution in [3.8, 4) is 0 Å². The summed E-state index contributed by atoms with van der Waals surface area (Å²) in [4.78, 5) is 24.7. The fourth-order valence-corrected chi connectivity index (χ4v) is 2.23. The normalized spacial score (nSPS) is 11.7. The highest BCUT2D eigenvalue weighted by Crippen LogP contribution is 2.28. The van der Waals surface area contributed by atoms with Crippen molar-refractivity contribution >= 4 is 17.5 Å². The quantitative estimate of drug-likeness (QED) is 0.797. The number of amides is 2. The third kappa shape index (κ3) is 4.86. The molecular formula is C16H21F3N6O2. The molecule has 0 unspecified atom stereocenters. The molecular weight excluding hydrogens is 365 g/mol. The highest BCUT2D eigenvalue weighted by Gasteiger charge is 2.35. The monoisotopic (exact) mass is 386 g/mol. The van der Waals surface area contributed by atoms with Crippen LogP contribution in [0.5, 0.6) is 0 Å². The maximum atomic E-state index is 12.8. The van der Waals surface area contributed by atoms with Crippen LogP contribution in [0.15, 0.2) is 12.3 Å². The van der Waals surface area contributed by atoms with Crippen LogP contribution in [-0.4, -0.2) is 37.9 Å². The molecule has 0 radical (unpaired) electrons. The highest BCUT2D eigenvalue weighted by molar-refractivity contribution is 6.07. The van der Waals surface area contributed by atoms with E-state index in [1.54, 1.807) is 6.92 Å². The van der Waals surface area contributed by atoms with Crippen LogP contribution in [0.3, 0.4) is 0 Å². The lowest BCUT2D eigenvalue weighted by atomic mass is 10.2. The molecule has 11 heteroatoms. The Morgan fingerprint density at radius 2 is 1.89 bits per heavy atom. The Hall–Kier alpha value is -2.85. The molecule has 2 aromatic heterocycles. The lowest BCUT2D eigenvalue weighted by molar-refractivity contribution is -0.141. The molecule has 0 spiro atoms. The summed E-state index contributed by atoms with van der Waals surface area (Å²) in [5.74, 6) is -1.09. The molecule has 148 valence electrons. The lowest BCUT2D eigenvalue weighted by Crippen LogP contribution is -2.29. The first-order valence-electron chi connectivity index (χ1n) is 8.31. The number of aromatic nitrogens is 4. The molecule has 2 amide bonds. The molecule has 0 aliphatic carbocycles. The van der Waals surface area contributed by atoms with E-state index in [0.717, 1.165) is 4.68 Å². The van der Waals surface area contributed by atoms with Crippen LogP contribution in [-0.2, 0) is 19.8 Å². The van der Waals surface area contributed by atoms with Gasteiger partial charge in [0.1, 0.15) is 5.69 Å². The van der Waals surface area contributed by atoms with Gasteiger partial charge in [-0.3, -0.25) is 19.0 Å². The number of carbonyl (C=O) groups excluding carboxylic acids is 2. The Morgan fingerprint density at radius 1 is 1.22 bits per heavy atom. The van der Waals surface area contributed by atoms with Gasteiger partial charge in [0.05, 0.1) is 5.69 Å². The summed E-state index contributed by atoms with van der Waals surface area (Å²) >= 11 is 0. The molecule has 2 heterocycles. The number of anilines is 1. The molecule has 0 saturated heterocycles. The van der Waals surface area contributed by atoms with Crippen molar-refractivity contribution in [2.24, 2.45) is 13.0 Å². The summed E-state index contributed by atoms with van der Waals surface area (Å²) in [7, 11) is 1.23. The van der Waals surface area contributed by atoms with Crippen LogP contribution < -0.4 is 10.6 Å². The van der Waals surface area contributed by atoms with E-state index >= 15 is 0 Å². The molecule has 2 N–H and O–H groups in total. The predicted molar refractivity (Wildman–Crippen MR) is 91.2 cm³/mol. The van der Waals surface area contributed by atoms with Crippen molar-refractivity contribution in [1.29, 1.82) is 0 Å². The van der Waals surface area contributed by atoms with Crippen LogP contribution >= 0.6 is 0 Å². The van der Waals surface area contributed by atoms with Crippen LogP contribution in [0.25, 0.3) is 0 Å². The minimum Gasteiger partial charge on any atom is -0.350 e. The van der Waals surface area contributed by atoms with E-state index in [1.165, 1.54) is 17.9 Å². The topological polar surface area (TPSA) is 93.8 Å². The standard InChI is InChI=1S/C16H21F3N6O2/c1-5-25-8-10(13(23-25)15(27)20-7-9(2)3)21-14(26)11-6-12(16(17,18)19)22-24(11)4/h6,8-9H,5,7H2,1-4H3,(H,20,27)(H,21,26). The first-order valence-corrected chi connectivity index (χ1v) is 8.31. The van der Waals surface area contributed by atoms with Crippen molar-refractivity contribution in [2.75, 3.05) is 11.9 Å². The number of alkyl halides is 3. The number of hydrogen-bond acceptors (Lipinski definition) is 4. The number of aryl methyl sites for hydroxylation is 2. The van der Waals surface area contributed by atoms with Gasteiger partial charge in [-0.1, -0.05) is 13.8 Å². The molecule has 0 aliphatic rings. The number of hydrogen-bond donors (Lipinski definition) is 2. The molecule has 0 aromatic carbocycles. The van der Waals surface area contributed by atoms with E-state index in [0.29, 0.717) is 19.2 Å². The molecule has 0 aliphatic heterocycles. The maximum Gasteiger partial charge on any atom is 0.435 e. The smallest absolute Gasteiger partial charge is 0.350 e. The Morgan fingerprint density at radius 3 is 2.41 bits per heavy atom. The SMILES string of the molecule is CCn1cc(NC(=O)c2cc(C(F)(F)F)nn2C)c(C(=O)NCC(C)C)n1. The largest absolute Gasteiger partial charge is 0.435 e. The molecule has 0 bridgehead atoms. The second-order valence-electron chi connectivity index (χ2n) is 6.34. The van der Waals surface area contributed by atoms with Gasteiger partial charge in [-0.25, -0.2) is 0 Å². The summed E-state index contributed by atoms with van der Waals surface area (Å²) in [5.41, 5.74) is -1.36. The summed E-state index contributed by atoms with van der Waals surface area (Å²) in [6.07, 6.45) is -3.21. The van der Waals surface area contributed by atoms with Gasteiger partial charge in [-0.05, 0) is 12.8 Å². The zero-order valence-electron chi connectivity index (χ0n) is 15.4. The number of carbonyl (C=O) groups is 2. The second-order valence-corrected chi connectivity index (χ2v) is 6.34. The van der Waals surface area contributed by atoms with Crippen LogP contribution in [0.4, 0.5) is 18.9 Å². The van der Waals surface area contributed by atoms with Gasteiger partial charge in [0.2, 0.25) is 0 Å². The van der Waals surface area contributed by atoms with E-state index in [2.05, 4.69) is 20.8 Å². The van der Waals surface area contributed by atoms with E-state index < -0.39 is 23.7 Å². The Balaban J connectivity index is 2.26. The summed E-state index contributed by atoms with van der Waals surface area (Å²) in [5, 5.41) is 12.5. The van der Waals surface area contributed by atoms with Gasteiger partial charge in [-0.15, -0.1) is 0 Å². The van der Waals surface area contributed by atoms with Crippen molar-refractivity contribution in [3.05, 3.63) is 29.3 Å². The lowest BCUT2D eigenvalue weighted by Gasteiger charge is -2.08. The van der Waals surface area contributed by atoms with E-state index in [9.17, 15) is 22.8 Å². The minimum absolute atomic E-state index is 0.0101. The van der Waals surface area contributed by atoms with Crippen molar-refractivity contribution in [3.63, 3.8) is 0 Å². The summed E-state index contributed by atoms with van der Waals surface area (Å²) in [6, 6.07) is 0.651. The average Bonchev–Trinajstić information content (AvgIpc) is 3.15. The van der Waals surface area contributed by atoms with Crippen molar-refractivity contribution in [2.45, 2.75) is 33.5 Å². The fraction of sp³-hybridized carbons (Fsp3) is 0.500. The molecule has 8 nitrogen and oxygen atoms in total. The second kappa shape index (κ2) is 7.80. The Kier molecular flexibility index (Phi) is 5.91. The van der Waals surface area contributed by atoms with E-state index in [-0.39, 0.29) is 23.0 Å². The van der Waals surface area contributed by atoms with Crippen LogP contribution in [0.1, 0.15) is 47.4 Å². The fourth-order valence-electron chi connectivity index (χ4n) is 2.23. The average molecular weight is 386 g/mol. The van der Waals surface area contributed by atoms with Crippen molar-refractivity contribution in [1.82, 2.24) is 24.9 Å². The summed E-state index contributed by atoms with van der Waals surface area (Å²) < 4.78 is 40.6. The Bertz CT molecular complexity index is 838. The zero-order valence-corrected chi connectivity index (χ0v) is 15.4. The number of halogens is 3. The molecule has 27 heavy (non-hydrogen) atoms. The maximum absolute atomic E-state index is 12.8. The predicted octanol–water partition coefficient (Wildman–Crippen LogP) is 2.29. The number of nitrogens with zero attached hydrogens (tertiary/aromatic N) is 4. The molecule has 0 fully saturated rings. The van der Waals surface area contributed by atoms with Crippen LogP contribution in [0.2, 0.25) is 0 Å². The third-order valence-corrected chi connectivity index (χ3v) is 3.62. The van der Waals surface area contributed by atoms with Gasteiger partial charge < -0.3 is 10.6 Å². The first kappa shape index (κ1) is 20.5. The number of nitrogens with one attached hydrogen (secondary N) is 2. The number of rotatable bonds is 6. The Labute approximate surface area is 153 Å². The molecule has 0 saturated carbocycles.